The smallest absolute Gasteiger partial charge is 0.255 e. The van der Waals surface area contributed by atoms with E-state index in [1.165, 1.54) is 24.3 Å². The van der Waals surface area contributed by atoms with Crippen LogP contribution in [0.15, 0.2) is 48.5 Å². The van der Waals surface area contributed by atoms with E-state index < -0.39 is 0 Å². The number of rotatable bonds is 7. The molecule has 2 aromatic rings. The SMILES string of the molecule is O=C(CCC1CCNC1)NCc1cccc(NC(=O)c2ccc(F)cc2)c1. The Morgan fingerprint density at radius 2 is 1.96 bits per heavy atom. The maximum atomic E-state index is 13.0. The highest BCUT2D eigenvalue weighted by Crippen LogP contribution is 2.15. The molecule has 3 N–H and O–H groups in total. The number of benzene rings is 2. The zero-order valence-electron chi connectivity index (χ0n) is 15.1. The first-order valence-corrected chi connectivity index (χ1v) is 9.23. The van der Waals surface area contributed by atoms with Gasteiger partial charge in [-0.3, -0.25) is 9.59 Å². The molecule has 142 valence electrons. The molecule has 1 aliphatic rings. The van der Waals surface area contributed by atoms with Crippen LogP contribution < -0.4 is 16.0 Å². The van der Waals surface area contributed by atoms with Crippen molar-refractivity contribution in [2.24, 2.45) is 5.92 Å². The molecule has 3 rings (SSSR count). The fourth-order valence-corrected chi connectivity index (χ4v) is 3.15. The van der Waals surface area contributed by atoms with E-state index in [-0.39, 0.29) is 17.6 Å². The van der Waals surface area contributed by atoms with Crippen molar-refractivity contribution in [3.05, 3.63) is 65.5 Å². The van der Waals surface area contributed by atoms with E-state index in [1.54, 1.807) is 6.07 Å². The first-order chi connectivity index (χ1) is 13.1. The summed E-state index contributed by atoms with van der Waals surface area (Å²) >= 11 is 0. The molecule has 1 saturated heterocycles. The summed E-state index contributed by atoms with van der Waals surface area (Å²) in [6, 6.07) is 12.7. The van der Waals surface area contributed by atoms with E-state index in [9.17, 15) is 14.0 Å². The highest BCUT2D eigenvalue weighted by Gasteiger charge is 2.15. The molecule has 2 amide bonds. The average Bonchev–Trinajstić information content (AvgIpc) is 3.19. The van der Waals surface area contributed by atoms with Crippen LogP contribution in [-0.2, 0) is 11.3 Å². The van der Waals surface area contributed by atoms with Crippen LogP contribution in [-0.4, -0.2) is 24.9 Å². The van der Waals surface area contributed by atoms with Crippen LogP contribution in [0.3, 0.4) is 0 Å². The molecule has 1 heterocycles. The Morgan fingerprint density at radius 3 is 2.70 bits per heavy atom. The van der Waals surface area contributed by atoms with Gasteiger partial charge in [0.2, 0.25) is 5.91 Å². The summed E-state index contributed by atoms with van der Waals surface area (Å²) in [6.45, 7) is 2.47. The van der Waals surface area contributed by atoms with Gasteiger partial charge >= 0.3 is 0 Å². The van der Waals surface area contributed by atoms with Crippen molar-refractivity contribution in [3.63, 3.8) is 0 Å². The number of carbonyl (C=O) groups is 2. The summed E-state index contributed by atoms with van der Waals surface area (Å²) in [5.74, 6) is -0.0433. The molecule has 27 heavy (non-hydrogen) atoms. The van der Waals surface area contributed by atoms with E-state index in [4.69, 9.17) is 0 Å². The number of carbonyl (C=O) groups excluding carboxylic acids is 2. The third kappa shape index (κ3) is 5.89. The van der Waals surface area contributed by atoms with Crippen molar-refractivity contribution in [1.29, 1.82) is 0 Å². The van der Waals surface area contributed by atoms with Crippen LogP contribution >= 0.6 is 0 Å². The molecular weight excluding hydrogens is 345 g/mol. The molecule has 1 fully saturated rings. The van der Waals surface area contributed by atoms with Crippen molar-refractivity contribution in [3.8, 4) is 0 Å². The van der Waals surface area contributed by atoms with E-state index >= 15 is 0 Å². The molecule has 6 heteroatoms. The normalized spacial score (nSPS) is 16.1. The second-order valence-corrected chi connectivity index (χ2v) is 6.84. The monoisotopic (exact) mass is 369 g/mol. The fourth-order valence-electron chi connectivity index (χ4n) is 3.15. The summed E-state index contributed by atoms with van der Waals surface area (Å²) in [4.78, 5) is 24.2. The van der Waals surface area contributed by atoms with Gasteiger partial charge in [-0.05, 0) is 73.8 Å². The third-order valence-corrected chi connectivity index (χ3v) is 4.72. The van der Waals surface area contributed by atoms with Crippen molar-refractivity contribution in [2.75, 3.05) is 18.4 Å². The zero-order chi connectivity index (χ0) is 19.1. The average molecular weight is 369 g/mol. The van der Waals surface area contributed by atoms with Crippen molar-refractivity contribution in [2.45, 2.75) is 25.8 Å². The zero-order valence-corrected chi connectivity index (χ0v) is 15.1. The van der Waals surface area contributed by atoms with Crippen LogP contribution in [0.4, 0.5) is 10.1 Å². The van der Waals surface area contributed by atoms with Crippen molar-refractivity contribution >= 4 is 17.5 Å². The summed E-state index contributed by atoms with van der Waals surface area (Å²) in [5, 5.41) is 9.02. The first-order valence-electron chi connectivity index (χ1n) is 9.23. The van der Waals surface area contributed by atoms with Crippen LogP contribution in [0, 0.1) is 11.7 Å². The Kier molecular flexibility index (Phi) is 6.54. The van der Waals surface area contributed by atoms with E-state index in [2.05, 4.69) is 16.0 Å². The van der Waals surface area contributed by atoms with Crippen molar-refractivity contribution in [1.82, 2.24) is 10.6 Å². The third-order valence-electron chi connectivity index (χ3n) is 4.72. The van der Waals surface area contributed by atoms with E-state index in [1.807, 2.05) is 18.2 Å². The van der Waals surface area contributed by atoms with Gasteiger partial charge in [-0.1, -0.05) is 12.1 Å². The molecular formula is C21H24FN3O2. The van der Waals surface area contributed by atoms with Gasteiger partial charge < -0.3 is 16.0 Å². The molecule has 1 aliphatic heterocycles. The van der Waals surface area contributed by atoms with Gasteiger partial charge in [0.1, 0.15) is 5.82 Å². The Hall–Kier alpha value is -2.73. The lowest BCUT2D eigenvalue weighted by molar-refractivity contribution is -0.121. The molecule has 5 nitrogen and oxygen atoms in total. The molecule has 0 spiro atoms. The summed E-state index contributed by atoms with van der Waals surface area (Å²) < 4.78 is 13.0. The lowest BCUT2D eigenvalue weighted by atomic mass is 10.0. The summed E-state index contributed by atoms with van der Waals surface area (Å²) in [6.07, 6.45) is 2.59. The maximum absolute atomic E-state index is 13.0. The second-order valence-electron chi connectivity index (χ2n) is 6.84. The minimum absolute atomic E-state index is 0.0441. The quantitative estimate of drug-likeness (QED) is 0.702. The number of amides is 2. The van der Waals surface area contributed by atoms with Crippen LogP contribution in [0.2, 0.25) is 0 Å². The van der Waals surface area contributed by atoms with Gasteiger partial charge in [-0.25, -0.2) is 4.39 Å². The standard InChI is InChI=1S/C21H24FN3O2/c22-18-7-5-17(6-8-18)21(27)25-19-3-1-2-16(12-19)14-24-20(26)9-4-15-10-11-23-13-15/h1-3,5-8,12,15,23H,4,9-11,13-14H2,(H,24,26)(H,25,27). The number of hydrogen-bond donors (Lipinski definition) is 3. The van der Waals surface area contributed by atoms with E-state index in [0.717, 1.165) is 31.5 Å². The van der Waals surface area contributed by atoms with Crippen molar-refractivity contribution < 1.29 is 14.0 Å². The first kappa shape index (κ1) is 19.0. The van der Waals surface area contributed by atoms with Crippen LogP contribution in [0.5, 0.6) is 0 Å². The number of hydrogen-bond acceptors (Lipinski definition) is 3. The highest BCUT2D eigenvalue weighted by molar-refractivity contribution is 6.04. The van der Waals surface area contributed by atoms with Gasteiger partial charge in [0.05, 0.1) is 0 Å². The molecule has 0 saturated carbocycles. The number of anilines is 1. The largest absolute Gasteiger partial charge is 0.352 e. The van der Waals surface area contributed by atoms with Gasteiger partial charge in [0, 0.05) is 24.2 Å². The lowest BCUT2D eigenvalue weighted by Gasteiger charge is -2.10. The molecule has 0 aliphatic carbocycles. The fraction of sp³-hybridized carbons (Fsp3) is 0.333. The molecule has 0 aromatic heterocycles. The molecule has 0 radical (unpaired) electrons. The van der Waals surface area contributed by atoms with Crippen LogP contribution in [0.1, 0.15) is 35.2 Å². The van der Waals surface area contributed by atoms with E-state index in [0.29, 0.717) is 30.1 Å². The van der Waals surface area contributed by atoms with Gasteiger partial charge in [-0.2, -0.15) is 0 Å². The second kappa shape index (κ2) is 9.28. The highest BCUT2D eigenvalue weighted by atomic mass is 19.1. The van der Waals surface area contributed by atoms with Gasteiger partial charge in [0.15, 0.2) is 0 Å². The summed E-state index contributed by atoms with van der Waals surface area (Å²) in [5.41, 5.74) is 1.92. The predicted octanol–water partition coefficient (Wildman–Crippen LogP) is 3.08. The predicted molar refractivity (Wildman–Crippen MR) is 103 cm³/mol. The Bertz CT molecular complexity index is 786. The Morgan fingerprint density at radius 1 is 1.15 bits per heavy atom. The number of halogens is 1. The van der Waals surface area contributed by atoms with Gasteiger partial charge in [0.25, 0.3) is 5.91 Å². The Balaban J connectivity index is 1.48. The number of nitrogens with one attached hydrogen (secondary N) is 3. The Labute approximate surface area is 158 Å². The lowest BCUT2D eigenvalue weighted by Crippen LogP contribution is -2.23. The van der Waals surface area contributed by atoms with Crippen LogP contribution in [0.25, 0.3) is 0 Å². The van der Waals surface area contributed by atoms with Gasteiger partial charge in [-0.15, -0.1) is 0 Å². The molecule has 0 bridgehead atoms. The molecule has 1 unspecified atom stereocenters. The minimum atomic E-state index is -0.381. The topological polar surface area (TPSA) is 70.2 Å². The molecule has 1 atom stereocenters. The molecule has 2 aromatic carbocycles. The maximum Gasteiger partial charge on any atom is 0.255 e. The summed E-state index contributed by atoms with van der Waals surface area (Å²) in [7, 11) is 0. The minimum Gasteiger partial charge on any atom is -0.352 e.